The molecule has 0 bridgehead atoms. The second-order valence-corrected chi connectivity index (χ2v) is 5.78. The molecule has 0 aromatic heterocycles. The Morgan fingerprint density at radius 1 is 0.818 bits per heavy atom. The van der Waals surface area contributed by atoms with E-state index in [1.165, 1.54) is 64.2 Å². The van der Waals surface area contributed by atoms with Gasteiger partial charge in [0.15, 0.2) is 0 Å². The Balaban J connectivity index is -0.00000180. The lowest BCUT2D eigenvalue weighted by molar-refractivity contribution is -0.121. The average molecular weight is 339 g/mol. The molecule has 0 spiro atoms. The minimum Gasteiger partial charge on any atom is -0.412 e. The lowest BCUT2D eigenvalue weighted by Crippen LogP contribution is -2.25. The average Bonchev–Trinajstić information content (AvgIpc) is 2.45. The molecular formula is C17H39ClN2O2. The van der Waals surface area contributed by atoms with Crippen molar-refractivity contribution in [1.82, 2.24) is 5.32 Å². The van der Waals surface area contributed by atoms with Gasteiger partial charge in [-0.25, -0.2) is 0 Å². The molecule has 136 valence electrons. The maximum absolute atomic E-state index is 11.4. The van der Waals surface area contributed by atoms with Crippen LogP contribution in [0.2, 0.25) is 0 Å². The number of unbranched alkanes of at least 4 members (excludes halogenated alkanes) is 10. The second-order valence-electron chi connectivity index (χ2n) is 5.78. The molecule has 22 heavy (non-hydrogen) atoms. The van der Waals surface area contributed by atoms with Crippen LogP contribution in [0, 0.1) is 0 Å². The zero-order valence-corrected chi connectivity index (χ0v) is 15.3. The van der Waals surface area contributed by atoms with Crippen molar-refractivity contribution < 1.29 is 10.3 Å². The number of carbonyl (C=O) groups is 1. The van der Waals surface area contributed by atoms with Crippen molar-refractivity contribution in [3.63, 3.8) is 0 Å². The number of nitrogens with one attached hydrogen (secondary N) is 1. The smallest absolute Gasteiger partial charge is 0.219 e. The summed E-state index contributed by atoms with van der Waals surface area (Å²) < 4.78 is 0. The summed E-state index contributed by atoms with van der Waals surface area (Å²) in [7, 11) is 0. The van der Waals surface area contributed by atoms with Crippen LogP contribution in [-0.2, 0) is 4.79 Å². The fourth-order valence-corrected chi connectivity index (χ4v) is 2.37. The Kier molecular flexibility index (Phi) is 27.7. The highest BCUT2D eigenvalue weighted by atomic mass is 35.5. The third-order valence-corrected chi connectivity index (χ3v) is 3.71. The first kappa shape index (κ1) is 26.6. The molecule has 0 fully saturated rings. The van der Waals surface area contributed by atoms with E-state index in [1.54, 1.807) is 0 Å². The van der Waals surface area contributed by atoms with E-state index in [4.69, 9.17) is 5.73 Å². The molecule has 0 radical (unpaired) electrons. The summed E-state index contributed by atoms with van der Waals surface area (Å²) in [6.07, 6.45) is 16.1. The summed E-state index contributed by atoms with van der Waals surface area (Å²) in [5.74, 6) is 0.189. The van der Waals surface area contributed by atoms with Gasteiger partial charge >= 0.3 is 0 Å². The van der Waals surface area contributed by atoms with E-state index in [1.807, 2.05) is 0 Å². The summed E-state index contributed by atoms with van der Waals surface area (Å²) in [4.78, 5) is 11.4. The third-order valence-electron chi connectivity index (χ3n) is 3.71. The topological polar surface area (TPSA) is 86.6 Å². The standard InChI is InChI=1S/C17H36N2O.ClH.H2O/c1-2-3-4-5-6-7-8-9-10-11-12-14-17(20)19-16-13-15-18;;/h2-16,18H2,1H3,(H,19,20);1H;1H2. The molecule has 0 saturated carbocycles. The Morgan fingerprint density at radius 2 is 1.27 bits per heavy atom. The quantitative estimate of drug-likeness (QED) is 0.445. The van der Waals surface area contributed by atoms with Gasteiger partial charge in [0.25, 0.3) is 0 Å². The fourth-order valence-electron chi connectivity index (χ4n) is 2.37. The molecule has 4 nitrogen and oxygen atoms in total. The zero-order valence-electron chi connectivity index (χ0n) is 14.5. The van der Waals surface area contributed by atoms with Crippen LogP contribution in [0.5, 0.6) is 0 Å². The van der Waals surface area contributed by atoms with E-state index < -0.39 is 0 Å². The fraction of sp³-hybridized carbons (Fsp3) is 0.941. The lowest BCUT2D eigenvalue weighted by Gasteiger charge is -2.04. The van der Waals surface area contributed by atoms with Gasteiger partial charge in [-0.2, -0.15) is 0 Å². The molecule has 0 aromatic carbocycles. The van der Waals surface area contributed by atoms with E-state index in [-0.39, 0.29) is 23.8 Å². The maximum atomic E-state index is 11.4. The van der Waals surface area contributed by atoms with Crippen molar-refractivity contribution in [3.05, 3.63) is 0 Å². The number of hydrogen-bond donors (Lipinski definition) is 2. The largest absolute Gasteiger partial charge is 0.412 e. The number of nitrogens with two attached hydrogens (primary N) is 1. The highest BCUT2D eigenvalue weighted by Crippen LogP contribution is 2.11. The van der Waals surface area contributed by atoms with Crippen LogP contribution in [0.25, 0.3) is 0 Å². The predicted molar refractivity (Wildman–Crippen MR) is 98.6 cm³/mol. The van der Waals surface area contributed by atoms with Crippen LogP contribution < -0.4 is 11.1 Å². The van der Waals surface area contributed by atoms with Crippen LogP contribution in [-0.4, -0.2) is 24.5 Å². The van der Waals surface area contributed by atoms with Crippen molar-refractivity contribution in [2.75, 3.05) is 13.1 Å². The monoisotopic (exact) mass is 338 g/mol. The zero-order chi connectivity index (χ0) is 14.9. The van der Waals surface area contributed by atoms with Crippen molar-refractivity contribution >= 4 is 18.3 Å². The van der Waals surface area contributed by atoms with Gasteiger partial charge in [-0.3, -0.25) is 4.79 Å². The number of carbonyl (C=O) groups excluding carboxylic acids is 1. The number of rotatable bonds is 15. The Morgan fingerprint density at radius 3 is 1.73 bits per heavy atom. The van der Waals surface area contributed by atoms with Gasteiger partial charge in [0.05, 0.1) is 0 Å². The van der Waals surface area contributed by atoms with Gasteiger partial charge in [0.2, 0.25) is 5.91 Å². The molecule has 0 aliphatic carbocycles. The molecule has 5 heteroatoms. The summed E-state index contributed by atoms with van der Waals surface area (Å²) in [6.45, 7) is 3.64. The predicted octanol–water partition coefficient (Wildman–Crippen LogP) is 3.75. The van der Waals surface area contributed by atoms with Crippen LogP contribution in [0.3, 0.4) is 0 Å². The maximum Gasteiger partial charge on any atom is 0.219 e. The molecule has 1 amide bonds. The van der Waals surface area contributed by atoms with Crippen LogP contribution in [0.4, 0.5) is 0 Å². The number of amides is 1. The Hall–Kier alpha value is -0.320. The van der Waals surface area contributed by atoms with Crippen molar-refractivity contribution in [2.45, 2.75) is 90.4 Å². The van der Waals surface area contributed by atoms with E-state index in [9.17, 15) is 4.79 Å². The molecule has 0 rings (SSSR count). The minimum atomic E-state index is 0. The van der Waals surface area contributed by atoms with Crippen LogP contribution in [0.15, 0.2) is 0 Å². The minimum absolute atomic E-state index is 0. The van der Waals surface area contributed by atoms with E-state index in [2.05, 4.69) is 12.2 Å². The van der Waals surface area contributed by atoms with Gasteiger partial charge in [0, 0.05) is 13.0 Å². The highest BCUT2D eigenvalue weighted by Gasteiger charge is 1.99. The van der Waals surface area contributed by atoms with Crippen LogP contribution >= 0.6 is 12.4 Å². The normalized spacial score (nSPS) is 9.73. The first-order valence-electron chi connectivity index (χ1n) is 8.78. The molecule has 0 saturated heterocycles. The Labute approximate surface area is 143 Å². The SMILES string of the molecule is CCCCCCCCCCCCCC(=O)NCCCN.Cl.O. The molecular weight excluding hydrogens is 300 g/mol. The van der Waals surface area contributed by atoms with Crippen molar-refractivity contribution in [1.29, 1.82) is 0 Å². The molecule has 0 aliphatic rings. The highest BCUT2D eigenvalue weighted by molar-refractivity contribution is 5.85. The first-order valence-corrected chi connectivity index (χ1v) is 8.78. The van der Waals surface area contributed by atoms with Crippen molar-refractivity contribution in [2.24, 2.45) is 5.73 Å². The summed E-state index contributed by atoms with van der Waals surface area (Å²) in [5.41, 5.74) is 5.38. The number of hydrogen-bond acceptors (Lipinski definition) is 2. The summed E-state index contributed by atoms with van der Waals surface area (Å²) in [6, 6.07) is 0. The van der Waals surface area contributed by atoms with Crippen molar-refractivity contribution in [3.8, 4) is 0 Å². The van der Waals surface area contributed by atoms with Gasteiger partial charge in [-0.1, -0.05) is 71.1 Å². The molecule has 0 heterocycles. The number of halogens is 1. The summed E-state index contributed by atoms with van der Waals surface area (Å²) >= 11 is 0. The second kappa shape index (κ2) is 23.0. The van der Waals surface area contributed by atoms with E-state index in [0.717, 1.165) is 19.4 Å². The third kappa shape index (κ3) is 22.0. The van der Waals surface area contributed by atoms with Gasteiger partial charge in [0.1, 0.15) is 0 Å². The molecule has 0 aliphatic heterocycles. The van der Waals surface area contributed by atoms with Gasteiger partial charge < -0.3 is 16.5 Å². The Bertz CT molecular complexity index is 217. The van der Waals surface area contributed by atoms with Crippen LogP contribution in [0.1, 0.15) is 90.4 Å². The molecule has 0 aromatic rings. The first-order chi connectivity index (χ1) is 9.81. The lowest BCUT2D eigenvalue weighted by atomic mass is 10.1. The molecule has 0 unspecified atom stereocenters. The summed E-state index contributed by atoms with van der Waals surface area (Å²) in [5, 5.41) is 2.90. The van der Waals surface area contributed by atoms with Gasteiger partial charge in [-0.15, -0.1) is 12.4 Å². The van der Waals surface area contributed by atoms with E-state index >= 15 is 0 Å². The van der Waals surface area contributed by atoms with E-state index in [0.29, 0.717) is 13.0 Å². The van der Waals surface area contributed by atoms with Gasteiger partial charge in [-0.05, 0) is 19.4 Å². The molecule has 5 N–H and O–H groups in total. The molecule has 0 atom stereocenters.